The molecule has 0 unspecified atom stereocenters. The van der Waals surface area contributed by atoms with Gasteiger partial charge in [-0.15, -0.1) is 5.10 Å². The number of sulfonamides is 1. The average Bonchev–Trinajstić information content (AvgIpc) is 3.43. The lowest BCUT2D eigenvalue weighted by Crippen LogP contribution is -2.30. The molecule has 0 saturated carbocycles. The topological polar surface area (TPSA) is 94.1 Å². The van der Waals surface area contributed by atoms with Gasteiger partial charge >= 0.3 is 0 Å². The fourth-order valence-electron chi connectivity index (χ4n) is 3.06. The molecule has 0 N–H and O–H groups in total. The molecule has 0 aliphatic rings. The van der Waals surface area contributed by atoms with Crippen LogP contribution in [0, 0.1) is 6.92 Å². The van der Waals surface area contributed by atoms with Gasteiger partial charge in [0.15, 0.2) is 0 Å². The number of tetrazole rings is 1. The van der Waals surface area contributed by atoms with E-state index in [4.69, 9.17) is 4.42 Å². The molecule has 0 fully saturated rings. The summed E-state index contributed by atoms with van der Waals surface area (Å²) < 4.78 is 36.2. The molecule has 8 nitrogen and oxygen atoms in total. The van der Waals surface area contributed by atoms with E-state index >= 15 is 0 Å². The molecule has 0 aliphatic carbocycles. The van der Waals surface area contributed by atoms with Gasteiger partial charge in [0.05, 0.1) is 23.4 Å². The first kappa shape index (κ1) is 20.5. The van der Waals surface area contributed by atoms with Crippen LogP contribution >= 0.6 is 15.9 Å². The van der Waals surface area contributed by atoms with E-state index < -0.39 is 10.0 Å². The summed E-state index contributed by atoms with van der Waals surface area (Å²) in [6, 6.07) is 15.9. The van der Waals surface area contributed by atoms with Gasteiger partial charge in [0.2, 0.25) is 10.0 Å². The van der Waals surface area contributed by atoms with Gasteiger partial charge in [-0.1, -0.05) is 28.1 Å². The zero-order chi connectivity index (χ0) is 21.1. The van der Waals surface area contributed by atoms with Crippen LogP contribution in [0.1, 0.15) is 16.9 Å². The summed E-state index contributed by atoms with van der Waals surface area (Å²) in [6.45, 7) is 2.16. The molecule has 0 saturated heterocycles. The molecule has 30 heavy (non-hydrogen) atoms. The molecule has 154 valence electrons. The Kier molecular flexibility index (Phi) is 5.80. The van der Waals surface area contributed by atoms with Crippen molar-refractivity contribution in [3.8, 4) is 5.69 Å². The minimum atomic E-state index is -3.79. The fraction of sp³-hybridized carbons (Fsp3) is 0.150. The number of halogens is 1. The Hall–Kier alpha value is -2.82. The quantitative estimate of drug-likeness (QED) is 0.394. The van der Waals surface area contributed by atoms with Gasteiger partial charge in [0.25, 0.3) is 0 Å². The molecular weight excluding hydrogens is 470 g/mol. The van der Waals surface area contributed by atoms with Crippen LogP contribution < -0.4 is 0 Å². The van der Waals surface area contributed by atoms with Crippen molar-refractivity contribution in [2.45, 2.75) is 24.9 Å². The monoisotopic (exact) mass is 487 g/mol. The molecule has 0 aliphatic heterocycles. The van der Waals surface area contributed by atoms with E-state index in [1.165, 1.54) is 21.6 Å². The fourth-order valence-corrected chi connectivity index (χ4v) is 4.81. The highest BCUT2D eigenvalue weighted by Gasteiger charge is 2.26. The van der Waals surface area contributed by atoms with Crippen LogP contribution in [-0.2, 0) is 23.1 Å². The molecule has 2 aromatic heterocycles. The molecule has 0 atom stereocenters. The Morgan fingerprint density at radius 2 is 1.90 bits per heavy atom. The van der Waals surface area contributed by atoms with Crippen molar-refractivity contribution in [3.05, 3.63) is 88.5 Å². The summed E-state index contributed by atoms with van der Waals surface area (Å²) in [4.78, 5) is 0.195. The zero-order valence-corrected chi connectivity index (χ0v) is 18.4. The van der Waals surface area contributed by atoms with E-state index in [-0.39, 0.29) is 18.0 Å². The molecule has 0 radical (unpaired) electrons. The summed E-state index contributed by atoms with van der Waals surface area (Å²) in [5.41, 5.74) is 2.32. The van der Waals surface area contributed by atoms with Gasteiger partial charge in [-0.3, -0.25) is 0 Å². The SMILES string of the molecule is Cc1cc(S(=O)(=O)N(Cc2ccc(Br)cc2)Cc2ccco2)ccc1-n1cnnn1. The van der Waals surface area contributed by atoms with Gasteiger partial charge in [0.1, 0.15) is 12.1 Å². The van der Waals surface area contributed by atoms with Crippen molar-refractivity contribution < 1.29 is 12.8 Å². The molecular formula is C20H18BrN5O3S. The first-order valence-electron chi connectivity index (χ1n) is 9.04. The van der Waals surface area contributed by atoms with Crippen LogP contribution in [0.4, 0.5) is 0 Å². The Morgan fingerprint density at radius 3 is 2.53 bits per heavy atom. The van der Waals surface area contributed by atoms with E-state index in [2.05, 4.69) is 31.5 Å². The minimum absolute atomic E-state index is 0.124. The largest absolute Gasteiger partial charge is 0.468 e. The third-order valence-corrected chi connectivity index (χ3v) is 6.90. The van der Waals surface area contributed by atoms with Gasteiger partial charge < -0.3 is 4.42 Å². The lowest BCUT2D eigenvalue weighted by Gasteiger charge is -2.22. The van der Waals surface area contributed by atoms with Gasteiger partial charge in [-0.2, -0.15) is 4.31 Å². The van der Waals surface area contributed by atoms with E-state index in [0.717, 1.165) is 15.6 Å². The van der Waals surface area contributed by atoms with Crippen LogP contribution in [0.15, 0.2) is 81.0 Å². The first-order chi connectivity index (χ1) is 14.4. The van der Waals surface area contributed by atoms with Crippen molar-refractivity contribution in [1.82, 2.24) is 24.5 Å². The summed E-state index contributed by atoms with van der Waals surface area (Å²) in [6.07, 6.45) is 3.00. The van der Waals surface area contributed by atoms with Crippen molar-refractivity contribution in [2.24, 2.45) is 0 Å². The van der Waals surface area contributed by atoms with E-state index in [1.807, 2.05) is 31.2 Å². The summed E-state index contributed by atoms with van der Waals surface area (Å²) in [5, 5.41) is 11.1. The highest BCUT2D eigenvalue weighted by Crippen LogP contribution is 2.25. The Morgan fingerprint density at radius 1 is 1.10 bits per heavy atom. The Bertz CT molecular complexity index is 1220. The predicted molar refractivity (Wildman–Crippen MR) is 113 cm³/mol. The lowest BCUT2D eigenvalue weighted by molar-refractivity contribution is 0.358. The number of aryl methyl sites for hydroxylation is 1. The second-order valence-corrected chi connectivity index (χ2v) is 9.54. The second kappa shape index (κ2) is 8.50. The average molecular weight is 488 g/mol. The van der Waals surface area contributed by atoms with E-state index in [0.29, 0.717) is 11.4 Å². The molecule has 2 aromatic carbocycles. The molecule has 0 amide bonds. The van der Waals surface area contributed by atoms with Crippen molar-refractivity contribution in [1.29, 1.82) is 0 Å². The summed E-state index contributed by atoms with van der Waals surface area (Å²) in [5.74, 6) is 0.567. The number of benzene rings is 2. The van der Waals surface area contributed by atoms with Crippen LogP contribution in [-0.4, -0.2) is 32.9 Å². The number of furan rings is 1. The summed E-state index contributed by atoms with van der Waals surface area (Å²) in [7, 11) is -3.79. The predicted octanol–water partition coefficient (Wildman–Crippen LogP) is 3.72. The highest BCUT2D eigenvalue weighted by molar-refractivity contribution is 9.10. The molecule has 10 heteroatoms. The molecule has 0 bridgehead atoms. The van der Waals surface area contributed by atoms with Crippen LogP contribution in [0.25, 0.3) is 5.69 Å². The highest BCUT2D eigenvalue weighted by atomic mass is 79.9. The maximum atomic E-state index is 13.5. The van der Waals surface area contributed by atoms with Crippen LogP contribution in [0.5, 0.6) is 0 Å². The molecule has 4 aromatic rings. The zero-order valence-electron chi connectivity index (χ0n) is 16.0. The number of hydrogen-bond donors (Lipinski definition) is 0. The third-order valence-electron chi connectivity index (χ3n) is 4.59. The van der Waals surface area contributed by atoms with Gasteiger partial charge in [0, 0.05) is 11.0 Å². The number of nitrogens with zero attached hydrogens (tertiary/aromatic N) is 5. The molecule has 4 rings (SSSR count). The minimum Gasteiger partial charge on any atom is -0.468 e. The number of hydrogen-bond acceptors (Lipinski definition) is 6. The van der Waals surface area contributed by atoms with Crippen molar-refractivity contribution in [2.75, 3.05) is 0 Å². The lowest BCUT2D eigenvalue weighted by atomic mass is 10.2. The molecule has 2 heterocycles. The van der Waals surface area contributed by atoms with Crippen LogP contribution in [0.3, 0.4) is 0 Å². The van der Waals surface area contributed by atoms with E-state index in [1.54, 1.807) is 30.3 Å². The molecule has 0 spiro atoms. The van der Waals surface area contributed by atoms with Crippen LogP contribution in [0.2, 0.25) is 0 Å². The summed E-state index contributed by atoms with van der Waals surface area (Å²) >= 11 is 3.40. The third kappa shape index (κ3) is 4.35. The normalized spacial score (nSPS) is 11.8. The maximum Gasteiger partial charge on any atom is 0.243 e. The van der Waals surface area contributed by atoms with E-state index in [9.17, 15) is 8.42 Å². The standard InChI is InChI=1S/C20H18BrN5O3S/c1-15-11-19(8-9-20(15)26-14-22-23-24-26)30(27,28)25(13-18-3-2-10-29-18)12-16-4-6-17(21)7-5-16/h2-11,14H,12-13H2,1H3. The maximum absolute atomic E-state index is 13.5. The smallest absolute Gasteiger partial charge is 0.243 e. The Labute approximate surface area is 182 Å². The van der Waals surface area contributed by atoms with Crippen molar-refractivity contribution in [3.63, 3.8) is 0 Å². The van der Waals surface area contributed by atoms with Crippen molar-refractivity contribution >= 4 is 26.0 Å². The first-order valence-corrected chi connectivity index (χ1v) is 11.3. The van der Waals surface area contributed by atoms with Gasteiger partial charge in [-0.25, -0.2) is 13.1 Å². The Balaban J connectivity index is 1.69. The second-order valence-electron chi connectivity index (χ2n) is 6.68. The number of aromatic nitrogens is 4. The number of rotatable bonds is 7. The van der Waals surface area contributed by atoms with Gasteiger partial charge in [-0.05, 0) is 70.9 Å².